The molecule has 0 aromatic heterocycles. The van der Waals surface area contributed by atoms with Crippen molar-refractivity contribution in [1.29, 1.82) is 0 Å². The summed E-state index contributed by atoms with van der Waals surface area (Å²) in [5, 5.41) is 25.2. The maximum atomic E-state index is 11.9. The Kier molecular flexibility index (Phi) is 5.17. The molecule has 0 unspecified atom stereocenters. The van der Waals surface area contributed by atoms with E-state index in [9.17, 15) is 25.0 Å². The minimum atomic E-state index is -0.718. The zero-order valence-electron chi connectivity index (χ0n) is 11.9. The second kappa shape index (κ2) is 7.29. The van der Waals surface area contributed by atoms with Crippen LogP contribution in [0.25, 0.3) is 0 Å². The largest absolute Gasteiger partial charge is 0.288 e. The number of carbonyl (C=O) groups is 1. The van der Waals surface area contributed by atoms with Gasteiger partial charge in [-0.3, -0.25) is 25.0 Å². The molecule has 0 atom stereocenters. The summed E-state index contributed by atoms with van der Waals surface area (Å²) in [4.78, 5) is 32.3. The minimum Gasteiger partial charge on any atom is -0.267 e. The number of rotatable bonds is 5. The summed E-state index contributed by atoms with van der Waals surface area (Å²) in [5.74, 6) is -0.718. The van der Waals surface area contributed by atoms with Crippen LogP contribution in [0.2, 0.25) is 5.02 Å². The molecule has 0 bridgehead atoms. The van der Waals surface area contributed by atoms with E-state index >= 15 is 0 Å². The van der Waals surface area contributed by atoms with Crippen molar-refractivity contribution in [3.05, 3.63) is 78.8 Å². The number of amides is 1. The lowest BCUT2D eigenvalue weighted by molar-refractivity contribution is -0.385. The Hall–Kier alpha value is -3.33. The van der Waals surface area contributed by atoms with E-state index < -0.39 is 21.4 Å². The Morgan fingerprint density at radius 2 is 1.75 bits per heavy atom. The lowest BCUT2D eigenvalue weighted by Crippen LogP contribution is -2.17. The molecule has 0 fully saturated rings. The van der Waals surface area contributed by atoms with E-state index in [0.29, 0.717) is 0 Å². The summed E-state index contributed by atoms with van der Waals surface area (Å²) in [6, 6.07) is 9.37. The summed E-state index contributed by atoms with van der Waals surface area (Å²) in [6.45, 7) is 0. The van der Waals surface area contributed by atoms with E-state index in [1.807, 2.05) is 0 Å². The first-order valence-corrected chi connectivity index (χ1v) is 6.78. The summed E-state index contributed by atoms with van der Waals surface area (Å²) >= 11 is 5.66. The highest BCUT2D eigenvalue weighted by Crippen LogP contribution is 2.25. The fourth-order valence-electron chi connectivity index (χ4n) is 1.78. The first-order valence-electron chi connectivity index (χ1n) is 6.41. The monoisotopic (exact) mass is 348 g/mol. The topological polar surface area (TPSA) is 128 Å². The highest BCUT2D eigenvalue weighted by molar-refractivity contribution is 6.32. The van der Waals surface area contributed by atoms with Crippen LogP contribution in [0, 0.1) is 20.2 Å². The molecule has 0 spiro atoms. The Labute approximate surface area is 139 Å². The van der Waals surface area contributed by atoms with Crippen LogP contribution in [-0.4, -0.2) is 22.0 Å². The molecule has 0 saturated carbocycles. The molecule has 24 heavy (non-hydrogen) atoms. The lowest BCUT2D eigenvalue weighted by Gasteiger charge is -2.01. The number of hydrogen-bond donors (Lipinski definition) is 1. The van der Waals surface area contributed by atoms with Crippen molar-refractivity contribution in [3.8, 4) is 0 Å². The molecule has 0 radical (unpaired) electrons. The average molecular weight is 349 g/mol. The molecule has 1 N–H and O–H groups in total. The van der Waals surface area contributed by atoms with Crippen LogP contribution < -0.4 is 5.43 Å². The zero-order chi connectivity index (χ0) is 17.7. The van der Waals surface area contributed by atoms with Gasteiger partial charge in [0.1, 0.15) is 5.02 Å². The minimum absolute atomic E-state index is 0.0224. The first-order chi connectivity index (χ1) is 11.4. The van der Waals surface area contributed by atoms with E-state index in [0.717, 1.165) is 12.3 Å². The molecule has 2 rings (SSSR count). The standard InChI is InChI=1S/C14H9ClN4O5/c15-11-6-5-9(7-13(11)19(23)24)14(20)17-16-8-10-3-1-2-4-12(10)18(21)22/h1-8H,(H,17,20). The van der Waals surface area contributed by atoms with E-state index in [1.165, 1.54) is 30.3 Å². The van der Waals surface area contributed by atoms with E-state index in [4.69, 9.17) is 11.6 Å². The van der Waals surface area contributed by atoms with Gasteiger partial charge in [0.25, 0.3) is 17.3 Å². The highest BCUT2D eigenvalue weighted by Gasteiger charge is 2.16. The summed E-state index contributed by atoms with van der Waals surface area (Å²) in [5.41, 5.74) is 1.74. The number of halogens is 1. The molecule has 10 heteroatoms. The van der Waals surface area contributed by atoms with Gasteiger partial charge in [0, 0.05) is 17.7 Å². The number of benzene rings is 2. The smallest absolute Gasteiger partial charge is 0.267 e. The lowest BCUT2D eigenvalue weighted by atomic mass is 10.2. The number of nitrogens with one attached hydrogen (secondary N) is 1. The van der Waals surface area contributed by atoms with Gasteiger partial charge in [-0.25, -0.2) is 5.43 Å². The molecule has 9 nitrogen and oxygen atoms in total. The molecule has 2 aromatic rings. The number of hydrazone groups is 1. The molecule has 2 aromatic carbocycles. The Morgan fingerprint density at radius 1 is 1.08 bits per heavy atom. The van der Waals surface area contributed by atoms with Gasteiger partial charge in [-0.1, -0.05) is 23.7 Å². The van der Waals surface area contributed by atoms with Crippen molar-refractivity contribution >= 4 is 35.1 Å². The third-order valence-corrected chi connectivity index (χ3v) is 3.23. The number of carbonyl (C=O) groups excluding carboxylic acids is 1. The van der Waals surface area contributed by atoms with Gasteiger partial charge in [0.2, 0.25) is 0 Å². The van der Waals surface area contributed by atoms with Gasteiger partial charge in [0.05, 0.1) is 21.6 Å². The van der Waals surface area contributed by atoms with Crippen LogP contribution in [0.3, 0.4) is 0 Å². The number of para-hydroxylation sites is 1. The first kappa shape index (κ1) is 17.0. The van der Waals surface area contributed by atoms with E-state index in [1.54, 1.807) is 6.07 Å². The quantitative estimate of drug-likeness (QED) is 0.504. The third kappa shape index (κ3) is 3.90. The van der Waals surface area contributed by atoms with Crippen molar-refractivity contribution in [1.82, 2.24) is 5.43 Å². The van der Waals surface area contributed by atoms with Crippen molar-refractivity contribution in [3.63, 3.8) is 0 Å². The van der Waals surface area contributed by atoms with Crippen LogP contribution in [0.5, 0.6) is 0 Å². The molecule has 1 amide bonds. The SMILES string of the molecule is O=C(NN=Cc1ccccc1[N+](=O)[O-])c1ccc(Cl)c([N+](=O)[O-])c1. The number of hydrogen-bond acceptors (Lipinski definition) is 6. The Balaban J connectivity index is 2.15. The van der Waals surface area contributed by atoms with Gasteiger partial charge >= 0.3 is 0 Å². The molecule has 0 aliphatic rings. The summed E-state index contributed by atoms with van der Waals surface area (Å²) in [6.07, 6.45) is 1.11. The van der Waals surface area contributed by atoms with Crippen LogP contribution in [-0.2, 0) is 0 Å². The fourth-order valence-corrected chi connectivity index (χ4v) is 1.97. The molecular formula is C14H9ClN4O5. The molecular weight excluding hydrogens is 340 g/mol. The number of nitro benzene ring substituents is 2. The maximum absolute atomic E-state index is 11.9. The second-order valence-electron chi connectivity index (χ2n) is 4.44. The number of nitro groups is 2. The van der Waals surface area contributed by atoms with Crippen molar-refractivity contribution in [2.24, 2.45) is 5.10 Å². The summed E-state index contributed by atoms with van der Waals surface area (Å²) in [7, 11) is 0. The van der Waals surface area contributed by atoms with Gasteiger partial charge < -0.3 is 0 Å². The fraction of sp³-hybridized carbons (Fsp3) is 0. The molecule has 0 aliphatic carbocycles. The van der Waals surface area contributed by atoms with Gasteiger partial charge in [-0.05, 0) is 18.2 Å². The van der Waals surface area contributed by atoms with Crippen molar-refractivity contribution in [2.75, 3.05) is 0 Å². The van der Waals surface area contributed by atoms with Crippen molar-refractivity contribution < 1.29 is 14.6 Å². The summed E-state index contributed by atoms with van der Waals surface area (Å²) < 4.78 is 0. The van der Waals surface area contributed by atoms with Gasteiger partial charge in [-0.15, -0.1) is 0 Å². The Bertz CT molecular complexity index is 853. The van der Waals surface area contributed by atoms with E-state index in [2.05, 4.69) is 10.5 Å². The number of nitrogens with zero attached hydrogens (tertiary/aromatic N) is 3. The molecule has 0 heterocycles. The maximum Gasteiger partial charge on any atom is 0.288 e. The predicted molar refractivity (Wildman–Crippen MR) is 86.3 cm³/mol. The zero-order valence-corrected chi connectivity index (χ0v) is 12.6. The van der Waals surface area contributed by atoms with Crippen LogP contribution in [0.4, 0.5) is 11.4 Å². The predicted octanol–water partition coefficient (Wildman–Crippen LogP) is 2.92. The second-order valence-corrected chi connectivity index (χ2v) is 4.85. The van der Waals surface area contributed by atoms with Crippen LogP contribution >= 0.6 is 11.6 Å². The van der Waals surface area contributed by atoms with Gasteiger partial charge in [-0.2, -0.15) is 5.10 Å². The highest BCUT2D eigenvalue weighted by atomic mass is 35.5. The molecule has 122 valence electrons. The van der Waals surface area contributed by atoms with Crippen LogP contribution in [0.15, 0.2) is 47.6 Å². The van der Waals surface area contributed by atoms with Crippen LogP contribution in [0.1, 0.15) is 15.9 Å². The third-order valence-electron chi connectivity index (χ3n) is 2.91. The Morgan fingerprint density at radius 3 is 2.42 bits per heavy atom. The van der Waals surface area contributed by atoms with Gasteiger partial charge in [0.15, 0.2) is 0 Å². The average Bonchev–Trinajstić information content (AvgIpc) is 2.55. The molecule has 0 saturated heterocycles. The van der Waals surface area contributed by atoms with E-state index in [-0.39, 0.29) is 21.8 Å². The van der Waals surface area contributed by atoms with Crippen molar-refractivity contribution in [2.45, 2.75) is 0 Å². The normalized spacial score (nSPS) is 10.5. The molecule has 0 aliphatic heterocycles.